The van der Waals surface area contributed by atoms with Crippen molar-refractivity contribution in [2.24, 2.45) is 5.73 Å². The molecule has 0 aromatic heterocycles. The molecule has 0 fully saturated rings. The number of aliphatic hydroxyl groups is 1. The zero-order valence-corrected chi connectivity index (χ0v) is 16.9. The lowest BCUT2D eigenvalue weighted by molar-refractivity contribution is -0.143. The predicted octanol–water partition coefficient (Wildman–Crippen LogP) is 4.79. The largest absolute Gasteiger partial charge is 0.497 e. The third kappa shape index (κ3) is 6.34. The summed E-state index contributed by atoms with van der Waals surface area (Å²) in [5.74, 6) is 0.556. The van der Waals surface area contributed by atoms with Crippen LogP contribution in [-0.2, 0) is 29.3 Å². The molecule has 0 amide bonds. The van der Waals surface area contributed by atoms with Crippen molar-refractivity contribution in [3.05, 3.63) is 64.2 Å². The minimum absolute atomic E-state index is 0.0506. The number of halogens is 6. The lowest BCUT2D eigenvalue weighted by atomic mass is 9.88. The quantitative estimate of drug-likeness (QED) is 0.567. The van der Waals surface area contributed by atoms with Crippen LogP contribution >= 0.6 is 0 Å². The predicted molar refractivity (Wildman–Crippen MR) is 101 cm³/mol. The topological polar surface area (TPSA) is 64.7 Å². The Morgan fingerprint density at radius 1 is 0.935 bits per heavy atom. The summed E-state index contributed by atoms with van der Waals surface area (Å²) in [7, 11) is 1.48. The molecule has 172 valence electrons. The number of alkyl halides is 6. The molecule has 0 saturated heterocycles. The summed E-state index contributed by atoms with van der Waals surface area (Å²) in [6.07, 6.45) is -9.83. The van der Waals surface area contributed by atoms with Crippen molar-refractivity contribution in [3.63, 3.8) is 0 Å². The van der Waals surface area contributed by atoms with Crippen molar-refractivity contribution >= 4 is 0 Å². The first-order valence-electron chi connectivity index (χ1n) is 9.24. The number of nitrogens with two attached hydrogens (primary N) is 1. The zero-order valence-electron chi connectivity index (χ0n) is 16.9. The van der Waals surface area contributed by atoms with E-state index in [1.54, 1.807) is 25.1 Å². The van der Waals surface area contributed by atoms with Gasteiger partial charge >= 0.3 is 12.4 Å². The van der Waals surface area contributed by atoms with Gasteiger partial charge in [-0.1, -0.05) is 6.07 Å². The average molecular weight is 451 g/mol. The van der Waals surface area contributed by atoms with E-state index in [0.717, 1.165) is 0 Å². The molecule has 31 heavy (non-hydrogen) atoms. The summed E-state index contributed by atoms with van der Waals surface area (Å²) in [4.78, 5) is 0. The maximum absolute atomic E-state index is 13.0. The molecule has 2 rings (SSSR count). The van der Waals surface area contributed by atoms with Gasteiger partial charge < -0.3 is 20.3 Å². The molecule has 0 bridgehead atoms. The minimum atomic E-state index is -4.95. The van der Waals surface area contributed by atoms with E-state index in [4.69, 9.17) is 15.2 Å². The first kappa shape index (κ1) is 25.0. The minimum Gasteiger partial charge on any atom is -0.497 e. The standard InChI is InChI=1S/C21H23F6NO3/c1-13-7-17(30-2)3-4-18(13)19(29,5-6-28)12-31-11-14-8-15(20(22,23)24)10-16(9-14)21(25,26)27/h3-4,7-10,29H,5-6,11-12,28H2,1-2H3. The maximum atomic E-state index is 13.0. The second kappa shape index (κ2) is 9.46. The van der Waals surface area contributed by atoms with Gasteiger partial charge in [0.25, 0.3) is 0 Å². The molecule has 0 aliphatic heterocycles. The van der Waals surface area contributed by atoms with Crippen LogP contribution in [0.4, 0.5) is 26.3 Å². The van der Waals surface area contributed by atoms with Gasteiger partial charge in [-0.25, -0.2) is 0 Å². The lowest BCUT2D eigenvalue weighted by Gasteiger charge is -2.30. The van der Waals surface area contributed by atoms with Crippen molar-refractivity contribution in [2.75, 3.05) is 20.3 Å². The van der Waals surface area contributed by atoms with E-state index < -0.39 is 35.7 Å². The summed E-state index contributed by atoms with van der Waals surface area (Å²) in [5.41, 5.74) is 1.97. The van der Waals surface area contributed by atoms with Crippen LogP contribution in [0.15, 0.2) is 36.4 Å². The summed E-state index contributed by atoms with van der Waals surface area (Å²) in [6.45, 7) is 0.860. The number of benzene rings is 2. The molecule has 1 unspecified atom stereocenters. The van der Waals surface area contributed by atoms with E-state index in [-0.39, 0.29) is 31.2 Å². The summed E-state index contributed by atoms with van der Waals surface area (Å²) < 4.78 is 88.5. The fraction of sp³-hybridized carbons (Fsp3) is 0.429. The fourth-order valence-electron chi connectivity index (χ4n) is 3.25. The van der Waals surface area contributed by atoms with Crippen molar-refractivity contribution in [1.82, 2.24) is 0 Å². The molecule has 0 heterocycles. The lowest BCUT2D eigenvalue weighted by Crippen LogP contribution is -2.35. The summed E-state index contributed by atoms with van der Waals surface area (Å²) >= 11 is 0. The van der Waals surface area contributed by atoms with Crippen LogP contribution in [0, 0.1) is 6.92 Å². The molecular formula is C21H23F6NO3. The fourth-order valence-corrected chi connectivity index (χ4v) is 3.25. The van der Waals surface area contributed by atoms with Gasteiger partial charge in [0.2, 0.25) is 0 Å². The Labute approximate surface area is 175 Å². The van der Waals surface area contributed by atoms with Gasteiger partial charge in [-0.2, -0.15) is 26.3 Å². The Bertz CT molecular complexity index is 865. The Morgan fingerprint density at radius 2 is 1.52 bits per heavy atom. The van der Waals surface area contributed by atoms with Crippen LogP contribution in [0.25, 0.3) is 0 Å². The Hall–Kier alpha value is -2.30. The van der Waals surface area contributed by atoms with Crippen LogP contribution in [0.5, 0.6) is 5.75 Å². The number of aryl methyl sites for hydroxylation is 1. The van der Waals surface area contributed by atoms with Crippen LogP contribution in [0.3, 0.4) is 0 Å². The van der Waals surface area contributed by atoms with Gasteiger partial charge in [0.15, 0.2) is 0 Å². The number of hydrogen-bond donors (Lipinski definition) is 2. The smallest absolute Gasteiger partial charge is 0.416 e. The first-order valence-corrected chi connectivity index (χ1v) is 9.24. The number of hydrogen-bond acceptors (Lipinski definition) is 4. The van der Waals surface area contributed by atoms with E-state index in [2.05, 4.69) is 0 Å². The van der Waals surface area contributed by atoms with Crippen molar-refractivity contribution in [3.8, 4) is 5.75 Å². The molecule has 0 aliphatic carbocycles. The molecule has 2 aromatic rings. The highest BCUT2D eigenvalue weighted by Gasteiger charge is 2.37. The van der Waals surface area contributed by atoms with E-state index in [1.807, 2.05) is 0 Å². The van der Waals surface area contributed by atoms with Gasteiger partial charge in [0.05, 0.1) is 31.5 Å². The third-order valence-electron chi connectivity index (χ3n) is 4.75. The second-order valence-corrected chi connectivity index (χ2v) is 7.16. The van der Waals surface area contributed by atoms with Gasteiger partial charge in [-0.05, 0) is 66.9 Å². The van der Waals surface area contributed by atoms with E-state index >= 15 is 0 Å². The van der Waals surface area contributed by atoms with Crippen LogP contribution in [0.2, 0.25) is 0 Å². The maximum Gasteiger partial charge on any atom is 0.416 e. The Balaban J connectivity index is 2.26. The van der Waals surface area contributed by atoms with Crippen LogP contribution in [-0.4, -0.2) is 25.4 Å². The van der Waals surface area contributed by atoms with E-state index in [1.165, 1.54) is 7.11 Å². The molecule has 0 spiro atoms. The highest BCUT2D eigenvalue weighted by atomic mass is 19.4. The SMILES string of the molecule is COc1ccc(C(O)(CCN)COCc2cc(C(F)(F)F)cc(C(F)(F)F)c2)c(C)c1. The number of ether oxygens (including phenoxy) is 2. The molecule has 0 saturated carbocycles. The molecular weight excluding hydrogens is 428 g/mol. The molecule has 4 nitrogen and oxygen atoms in total. The molecule has 0 aliphatic rings. The van der Waals surface area contributed by atoms with Crippen LogP contribution < -0.4 is 10.5 Å². The molecule has 0 radical (unpaired) electrons. The number of methoxy groups -OCH3 is 1. The van der Waals surface area contributed by atoms with Gasteiger partial charge in [0, 0.05) is 0 Å². The highest BCUT2D eigenvalue weighted by molar-refractivity contribution is 5.38. The summed E-state index contributed by atoms with van der Waals surface area (Å²) in [6, 6.07) is 6.14. The highest BCUT2D eigenvalue weighted by Crippen LogP contribution is 2.37. The van der Waals surface area contributed by atoms with E-state index in [0.29, 0.717) is 29.0 Å². The Kier molecular flexibility index (Phi) is 7.61. The molecule has 10 heteroatoms. The van der Waals surface area contributed by atoms with Gasteiger partial charge in [0.1, 0.15) is 11.4 Å². The normalized spacial score (nSPS) is 14.4. The van der Waals surface area contributed by atoms with Gasteiger partial charge in [-0.3, -0.25) is 0 Å². The van der Waals surface area contributed by atoms with Crippen molar-refractivity contribution in [2.45, 2.75) is 37.9 Å². The van der Waals surface area contributed by atoms with Crippen molar-refractivity contribution in [1.29, 1.82) is 0 Å². The Morgan fingerprint density at radius 3 is 1.97 bits per heavy atom. The molecule has 3 N–H and O–H groups in total. The average Bonchev–Trinajstić information content (AvgIpc) is 2.66. The first-order chi connectivity index (χ1) is 14.3. The number of rotatable bonds is 8. The molecule has 2 aromatic carbocycles. The zero-order chi connectivity index (χ0) is 23.4. The van der Waals surface area contributed by atoms with Crippen molar-refractivity contribution < 1.29 is 40.9 Å². The van der Waals surface area contributed by atoms with Crippen LogP contribution in [0.1, 0.15) is 34.2 Å². The molecule has 1 atom stereocenters. The van der Waals surface area contributed by atoms with Gasteiger partial charge in [-0.15, -0.1) is 0 Å². The second-order valence-electron chi connectivity index (χ2n) is 7.16. The third-order valence-corrected chi connectivity index (χ3v) is 4.75. The monoisotopic (exact) mass is 451 g/mol. The van der Waals surface area contributed by atoms with E-state index in [9.17, 15) is 31.4 Å². The summed E-state index contributed by atoms with van der Waals surface area (Å²) in [5, 5.41) is 11.1.